The van der Waals surface area contributed by atoms with Gasteiger partial charge in [0, 0.05) is 18.0 Å². The summed E-state index contributed by atoms with van der Waals surface area (Å²) in [5.74, 6) is -0.0140. The van der Waals surface area contributed by atoms with Gasteiger partial charge in [-0.15, -0.1) is 11.3 Å². The smallest absolute Gasteiger partial charge is 0.261 e. The largest absolute Gasteiger partial charge is 0.496 e. The molecule has 0 bridgehead atoms. The predicted octanol–water partition coefficient (Wildman–Crippen LogP) is -0.225. The molecule has 1 aromatic heterocycles. The minimum atomic E-state index is -3.54. The lowest BCUT2D eigenvalue weighted by Crippen LogP contribution is -2.31. The van der Waals surface area contributed by atoms with Gasteiger partial charge in [-0.1, -0.05) is 0 Å². The van der Waals surface area contributed by atoms with E-state index in [4.69, 9.17) is 9.88 Å². The summed E-state index contributed by atoms with van der Waals surface area (Å²) in [6, 6.07) is 1.58. The summed E-state index contributed by atoms with van der Waals surface area (Å²) in [5, 5.41) is 8.93. The van der Waals surface area contributed by atoms with Crippen molar-refractivity contribution in [3.05, 3.63) is 16.3 Å². The van der Waals surface area contributed by atoms with Gasteiger partial charge in [-0.25, -0.2) is 13.6 Å². The SMILES string of the molecule is COc1csc(C(=O)NCCS(N)(=O)=O)c1. The van der Waals surface area contributed by atoms with Crippen LogP contribution in [0, 0.1) is 0 Å². The van der Waals surface area contributed by atoms with Crippen molar-refractivity contribution in [2.45, 2.75) is 0 Å². The number of hydrogen-bond donors (Lipinski definition) is 2. The van der Waals surface area contributed by atoms with Gasteiger partial charge < -0.3 is 10.1 Å². The van der Waals surface area contributed by atoms with Crippen molar-refractivity contribution in [2.24, 2.45) is 5.14 Å². The van der Waals surface area contributed by atoms with Gasteiger partial charge in [0.1, 0.15) is 5.75 Å². The number of sulfonamides is 1. The van der Waals surface area contributed by atoms with Gasteiger partial charge in [0.15, 0.2) is 0 Å². The topological polar surface area (TPSA) is 98.5 Å². The third kappa shape index (κ3) is 4.17. The van der Waals surface area contributed by atoms with Crippen molar-refractivity contribution < 1.29 is 17.9 Å². The van der Waals surface area contributed by atoms with Crippen LogP contribution in [0.2, 0.25) is 0 Å². The van der Waals surface area contributed by atoms with Crippen molar-refractivity contribution in [1.82, 2.24) is 5.32 Å². The van der Waals surface area contributed by atoms with Gasteiger partial charge in [0.25, 0.3) is 5.91 Å². The molecular weight excluding hydrogens is 252 g/mol. The first kappa shape index (κ1) is 12.9. The standard InChI is InChI=1S/C8H12N2O4S2/c1-14-6-4-7(15-5-6)8(11)10-2-3-16(9,12)13/h4-5H,2-3H2,1H3,(H,10,11)(H2,9,12,13). The van der Waals surface area contributed by atoms with Gasteiger partial charge in [0.2, 0.25) is 10.0 Å². The van der Waals surface area contributed by atoms with E-state index in [0.29, 0.717) is 10.6 Å². The van der Waals surface area contributed by atoms with Crippen molar-refractivity contribution in [3.8, 4) is 5.75 Å². The van der Waals surface area contributed by atoms with Crippen LogP contribution in [0.4, 0.5) is 0 Å². The lowest BCUT2D eigenvalue weighted by molar-refractivity contribution is 0.0960. The zero-order valence-corrected chi connectivity index (χ0v) is 10.2. The summed E-state index contributed by atoms with van der Waals surface area (Å²) in [4.78, 5) is 11.9. The Morgan fingerprint density at radius 1 is 1.62 bits per heavy atom. The molecule has 0 aliphatic rings. The molecule has 8 heteroatoms. The highest BCUT2D eigenvalue weighted by Gasteiger charge is 2.10. The van der Waals surface area contributed by atoms with Crippen LogP contribution in [0.15, 0.2) is 11.4 Å². The van der Waals surface area contributed by atoms with Crippen molar-refractivity contribution >= 4 is 27.3 Å². The number of amides is 1. The number of ether oxygens (including phenoxy) is 1. The van der Waals surface area contributed by atoms with E-state index in [1.165, 1.54) is 18.4 Å². The molecule has 0 spiro atoms. The van der Waals surface area contributed by atoms with Gasteiger partial charge in [-0.2, -0.15) is 0 Å². The molecule has 0 aliphatic heterocycles. The molecule has 6 nitrogen and oxygen atoms in total. The molecule has 0 aromatic carbocycles. The molecule has 0 atom stereocenters. The second-order valence-corrected chi connectivity index (χ2v) is 5.62. The fraction of sp³-hybridized carbons (Fsp3) is 0.375. The van der Waals surface area contributed by atoms with Crippen LogP contribution in [-0.2, 0) is 10.0 Å². The average Bonchev–Trinajstić information content (AvgIpc) is 2.63. The summed E-state index contributed by atoms with van der Waals surface area (Å²) in [6.07, 6.45) is 0. The molecule has 0 saturated carbocycles. The Morgan fingerprint density at radius 2 is 2.31 bits per heavy atom. The molecule has 1 heterocycles. The van der Waals surface area contributed by atoms with Crippen LogP contribution in [0.3, 0.4) is 0 Å². The quantitative estimate of drug-likeness (QED) is 0.767. The highest BCUT2D eigenvalue weighted by molar-refractivity contribution is 7.89. The summed E-state index contributed by atoms with van der Waals surface area (Å²) in [5.41, 5.74) is 0. The molecule has 90 valence electrons. The van der Waals surface area contributed by atoms with E-state index < -0.39 is 10.0 Å². The van der Waals surface area contributed by atoms with Crippen molar-refractivity contribution in [3.63, 3.8) is 0 Å². The van der Waals surface area contributed by atoms with Crippen molar-refractivity contribution in [1.29, 1.82) is 0 Å². The molecule has 0 fully saturated rings. The number of carbonyl (C=O) groups excluding carboxylic acids is 1. The summed E-state index contributed by atoms with van der Waals surface area (Å²) < 4.78 is 26.1. The van der Waals surface area contributed by atoms with Crippen LogP contribution in [0.1, 0.15) is 9.67 Å². The first-order chi connectivity index (χ1) is 7.42. The first-order valence-electron chi connectivity index (χ1n) is 4.33. The molecule has 1 aromatic rings. The Hall–Kier alpha value is -1.12. The van der Waals surface area contributed by atoms with E-state index in [1.54, 1.807) is 11.4 Å². The number of carbonyl (C=O) groups is 1. The van der Waals surface area contributed by atoms with Crippen molar-refractivity contribution in [2.75, 3.05) is 19.4 Å². The summed E-state index contributed by atoms with van der Waals surface area (Å²) >= 11 is 1.22. The number of methoxy groups -OCH3 is 1. The fourth-order valence-electron chi connectivity index (χ4n) is 0.939. The summed E-state index contributed by atoms with van der Waals surface area (Å²) in [6.45, 7) is -0.00210. The minimum absolute atomic E-state index is 0.00210. The molecular formula is C8H12N2O4S2. The van der Waals surface area contributed by atoms with Crippen LogP contribution in [0.25, 0.3) is 0 Å². The second kappa shape index (κ2) is 5.28. The third-order valence-electron chi connectivity index (χ3n) is 1.71. The number of hydrogen-bond acceptors (Lipinski definition) is 5. The van der Waals surface area contributed by atoms with Gasteiger partial charge in [-0.05, 0) is 0 Å². The monoisotopic (exact) mass is 264 g/mol. The highest BCUT2D eigenvalue weighted by atomic mass is 32.2. The average molecular weight is 264 g/mol. The normalized spacial score (nSPS) is 11.1. The van der Waals surface area contributed by atoms with Crippen LogP contribution >= 0.6 is 11.3 Å². The maximum Gasteiger partial charge on any atom is 0.261 e. The third-order valence-corrected chi connectivity index (χ3v) is 3.39. The maximum atomic E-state index is 11.5. The van der Waals surface area contributed by atoms with E-state index in [0.717, 1.165) is 0 Å². The number of nitrogens with one attached hydrogen (secondary N) is 1. The van der Waals surface area contributed by atoms with Crippen LogP contribution in [-0.4, -0.2) is 33.7 Å². The maximum absolute atomic E-state index is 11.5. The highest BCUT2D eigenvalue weighted by Crippen LogP contribution is 2.20. The van der Waals surface area contributed by atoms with E-state index in [9.17, 15) is 13.2 Å². The van der Waals surface area contributed by atoms with E-state index in [-0.39, 0.29) is 18.2 Å². The van der Waals surface area contributed by atoms with E-state index >= 15 is 0 Å². The first-order valence-corrected chi connectivity index (χ1v) is 6.93. The molecule has 0 saturated heterocycles. The van der Waals surface area contributed by atoms with E-state index in [2.05, 4.69) is 5.32 Å². The lowest BCUT2D eigenvalue weighted by atomic mass is 10.4. The fourth-order valence-corrected chi connectivity index (χ4v) is 2.10. The molecule has 0 unspecified atom stereocenters. The Kier molecular flexibility index (Phi) is 4.27. The Balaban J connectivity index is 2.47. The molecule has 0 aliphatic carbocycles. The Bertz CT molecular complexity index is 466. The van der Waals surface area contributed by atoms with Gasteiger partial charge in [-0.3, -0.25) is 4.79 Å². The molecule has 3 N–H and O–H groups in total. The zero-order chi connectivity index (χ0) is 12.2. The minimum Gasteiger partial charge on any atom is -0.496 e. The van der Waals surface area contributed by atoms with Gasteiger partial charge >= 0.3 is 0 Å². The molecule has 16 heavy (non-hydrogen) atoms. The number of primary sulfonamides is 1. The Morgan fingerprint density at radius 3 is 2.81 bits per heavy atom. The second-order valence-electron chi connectivity index (χ2n) is 2.97. The van der Waals surface area contributed by atoms with Crippen LogP contribution in [0.5, 0.6) is 5.75 Å². The molecule has 1 amide bonds. The number of nitrogens with two attached hydrogens (primary N) is 1. The number of rotatable bonds is 5. The predicted molar refractivity (Wildman–Crippen MR) is 61.2 cm³/mol. The lowest BCUT2D eigenvalue weighted by Gasteiger charge is -2.01. The zero-order valence-electron chi connectivity index (χ0n) is 8.60. The number of thiophene rings is 1. The van der Waals surface area contributed by atoms with E-state index in [1.807, 2.05) is 0 Å². The molecule has 1 rings (SSSR count). The Labute approximate surface area is 97.5 Å². The van der Waals surface area contributed by atoms with Crippen LogP contribution < -0.4 is 15.2 Å². The van der Waals surface area contributed by atoms with Gasteiger partial charge in [0.05, 0.1) is 17.7 Å². The summed E-state index contributed by atoms with van der Waals surface area (Å²) in [7, 11) is -2.03. The molecule has 0 radical (unpaired) electrons.